The summed E-state index contributed by atoms with van der Waals surface area (Å²) in [5.41, 5.74) is 1.81. The summed E-state index contributed by atoms with van der Waals surface area (Å²) in [7, 11) is 0. The Labute approximate surface area is 135 Å². The number of ether oxygens (including phenoxy) is 1. The van der Waals surface area contributed by atoms with Gasteiger partial charge in [0.1, 0.15) is 5.75 Å². The van der Waals surface area contributed by atoms with Crippen molar-refractivity contribution in [3.8, 4) is 5.75 Å². The van der Waals surface area contributed by atoms with Crippen molar-refractivity contribution in [3.63, 3.8) is 0 Å². The maximum absolute atomic E-state index is 12.1. The molecule has 0 spiro atoms. The summed E-state index contributed by atoms with van der Waals surface area (Å²) >= 11 is 1.63. The van der Waals surface area contributed by atoms with E-state index in [0.717, 1.165) is 27.6 Å². The van der Waals surface area contributed by atoms with Crippen LogP contribution >= 0.6 is 11.8 Å². The minimum atomic E-state index is -0.171. The third kappa shape index (κ3) is 4.67. The molecule has 1 N–H and O–H groups in total. The molecule has 0 bridgehead atoms. The second-order valence-corrected chi connectivity index (χ2v) is 5.76. The number of aryl methyl sites for hydroxylation is 1. The summed E-state index contributed by atoms with van der Waals surface area (Å²) in [5.74, 6) is 1.36. The summed E-state index contributed by atoms with van der Waals surface area (Å²) in [4.78, 5) is 13.1. The smallest absolute Gasteiger partial charge is 0.262 e. The number of rotatable bonds is 7. The Morgan fingerprint density at radius 1 is 1.23 bits per heavy atom. The monoisotopic (exact) mass is 313 g/mol. The molecular weight excluding hydrogens is 294 g/mol. The van der Waals surface area contributed by atoms with Crippen LogP contribution in [0, 0.1) is 6.92 Å². The van der Waals surface area contributed by atoms with Gasteiger partial charge in [0.2, 0.25) is 0 Å². The summed E-state index contributed by atoms with van der Waals surface area (Å²) in [5, 5.41) is 2.89. The molecule has 0 atom stereocenters. The molecular formula is C18H19NO2S. The zero-order chi connectivity index (χ0) is 15.8. The van der Waals surface area contributed by atoms with E-state index in [9.17, 15) is 4.79 Å². The van der Waals surface area contributed by atoms with Crippen LogP contribution in [0.2, 0.25) is 0 Å². The molecule has 0 heterocycles. The average molecular weight is 313 g/mol. The lowest BCUT2D eigenvalue weighted by molar-refractivity contribution is -0.118. The molecule has 22 heavy (non-hydrogen) atoms. The molecule has 0 aliphatic carbocycles. The quantitative estimate of drug-likeness (QED) is 0.612. The Morgan fingerprint density at radius 3 is 2.73 bits per heavy atom. The van der Waals surface area contributed by atoms with Crippen LogP contribution < -0.4 is 10.1 Å². The SMILES string of the molecule is C=CCSc1ccccc1NC(=O)COc1ccccc1C. The fourth-order valence-electron chi connectivity index (χ4n) is 1.89. The molecule has 0 saturated heterocycles. The number of anilines is 1. The molecule has 0 saturated carbocycles. The number of benzene rings is 2. The van der Waals surface area contributed by atoms with Crippen molar-refractivity contribution in [1.29, 1.82) is 0 Å². The lowest BCUT2D eigenvalue weighted by Gasteiger charge is -2.11. The molecule has 2 aromatic rings. The van der Waals surface area contributed by atoms with Gasteiger partial charge >= 0.3 is 0 Å². The molecule has 0 radical (unpaired) electrons. The number of thioether (sulfide) groups is 1. The highest BCUT2D eigenvalue weighted by atomic mass is 32.2. The highest BCUT2D eigenvalue weighted by Gasteiger charge is 2.08. The molecule has 0 fully saturated rings. The maximum atomic E-state index is 12.1. The van der Waals surface area contributed by atoms with Crippen LogP contribution in [0.1, 0.15) is 5.56 Å². The van der Waals surface area contributed by atoms with Gasteiger partial charge in [-0.1, -0.05) is 36.4 Å². The molecule has 3 nitrogen and oxygen atoms in total. The van der Waals surface area contributed by atoms with Crippen LogP contribution in [0.25, 0.3) is 0 Å². The molecule has 2 rings (SSSR count). The van der Waals surface area contributed by atoms with E-state index in [2.05, 4.69) is 11.9 Å². The van der Waals surface area contributed by atoms with Gasteiger partial charge in [0.05, 0.1) is 5.69 Å². The van der Waals surface area contributed by atoms with E-state index in [1.54, 1.807) is 11.8 Å². The minimum Gasteiger partial charge on any atom is -0.483 e. The number of hydrogen-bond donors (Lipinski definition) is 1. The zero-order valence-electron chi connectivity index (χ0n) is 12.5. The van der Waals surface area contributed by atoms with Gasteiger partial charge in [-0.3, -0.25) is 4.79 Å². The predicted molar refractivity (Wildman–Crippen MR) is 92.7 cm³/mol. The van der Waals surface area contributed by atoms with Crippen molar-refractivity contribution in [3.05, 3.63) is 66.7 Å². The molecule has 2 aromatic carbocycles. The number of para-hydroxylation sites is 2. The first kappa shape index (κ1) is 16.2. The van der Waals surface area contributed by atoms with E-state index in [1.165, 1.54) is 0 Å². The highest BCUT2D eigenvalue weighted by molar-refractivity contribution is 7.99. The van der Waals surface area contributed by atoms with Crippen molar-refractivity contribution in [2.45, 2.75) is 11.8 Å². The molecule has 1 amide bonds. The Balaban J connectivity index is 1.95. The van der Waals surface area contributed by atoms with Gasteiger partial charge in [0.15, 0.2) is 6.61 Å². The van der Waals surface area contributed by atoms with Crippen LogP contribution in [-0.2, 0) is 4.79 Å². The standard InChI is InChI=1S/C18H19NO2S/c1-3-12-22-17-11-7-5-9-15(17)19-18(20)13-21-16-10-6-4-8-14(16)2/h3-11H,1,12-13H2,2H3,(H,19,20). The fraction of sp³-hybridized carbons (Fsp3) is 0.167. The Hall–Kier alpha value is -2.20. The second kappa shape index (κ2) is 8.29. The van der Waals surface area contributed by atoms with Crippen molar-refractivity contribution in [2.24, 2.45) is 0 Å². The van der Waals surface area contributed by atoms with E-state index >= 15 is 0 Å². The first-order valence-corrected chi connectivity index (χ1v) is 8.00. The van der Waals surface area contributed by atoms with E-state index in [-0.39, 0.29) is 12.5 Å². The van der Waals surface area contributed by atoms with E-state index in [0.29, 0.717) is 0 Å². The maximum Gasteiger partial charge on any atom is 0.262 e. The van der Waals surface area contributed by atoms with Gasteiger partial charge in [-0.15, -0.1) is 18.3 Å². The topological polar surface area (TPSA) is 38.3 Å². The normalized spacial score (nSPS) is 10.0. The first-order valence-electron chi connectivity index (χ1n) is 7.01. The van der Waals surface area contributed by atoms with Gasteiger partial charge in [0.25, 0.3) is 5.91 Å². The van der Waals surface area contributed by atoms with E-state index < -0.39 is 0 Å². The van der Waals surface area contributed by atoms with Crippen molar-refractivity contribution < 1.29 is 9.53 Å². The molecule has 114 valence electrons. The number of nitrogens with one attached hydrogen (secondary N) is 1. The number of carbonyl (C=O) groups is 1. The Bertz CT molecular complexity index is 655. The van der Waals surface area contributed by atoms with Crippen molar-refractivity contribution in [2.75, 3.05) is 17.7 Å². The lowest BCUT2D eigenvalue weighted by Crippen LogP contribution is -2.20. The lowest BCUT2D eigenvalue weighted by atomic mass is 10.2. The van der Waals surface area contributed by atoms with Crippen molar-refractivity contribution in [1.82, 2.24) is 0 Å². The summed E-state index contributed by atoms with van der Waals surface area (Å²) in [6, 6.07) is 15.4. The predicted octanol–water partition coefficient (Wildman–Crippen LogP) is 4.29. The molecule has 0 unspecified atom stereocenters. The largest absolute Gasteiger partial charge is 0.483 e. The van der Waals surface area contributed by atoms with Crippen LogP contribution in [0.3, 0.4) is 0 Å². The third-order valence-electron chi connectivity index (χ3n) is 2.97. The minimum absolute atomic E-state index is 0.00862. The Kier molecular flexibility index (Phi) is 6.10. The molecule has 4 heteroatoms. The molecule has 0 aliphatic rings. The summed E-state index contributed by atoms with van der Waals surface area (Å²) < 4.78 is 5.56. The van der Waals surface area contributed by atoms with Gasteiger partial charge in [-0.05, 0) is 30.7 Å². The van der Waals surface area contributed by atoms with Gasteiger partial charge in [-0.2, -0.15) is 0 Å². The second-order valence-electron chi connectivity index (χ2n) is 4.70. The van der Waals surface area contributed by atoms with Crippen LogP contribution in [-0.4, -0.2) is 18.3 Å². The fourth-order valence-corrected chi connectivity index (χ4v) is 2.64. The summed E-state index contributed by atoms with van der Waals surface area (Å²) in [6.07, 6.45) is 1.84. The third-order valence-corrected chi connectivity index (χ3v) is 4.04. The molecule has 0 aromatic heterocycles. The first-order chi connectivity index (χ1) is 10.7. The van der Waals surface area contributed by atoms with Gasteiger partial charge in [-0.25, -0.2) is 0 Å². The summed E-state index contributed by atoms with van der Waals surface area (Å²) in [6.45, 7) is 5.65. The van der Waals surface area contributed by atoms with Crippen LogP contribution in [0.4, 0.5) is 5.69 Å². The van der Waals surface area contributed by atoms with Gasteiger partial charge < -0.3 is 10.1 Å². The van der Waals surface area contributed by atoms with Crippen LogP contribution in [0.15, 0.2) is 66.1 Å². The highest BCUT2D eigenvalue weighted by Crippen LogP contribution is 2.27. The van der Waals surface area contributed by atoms with Crippen LogP contribution in [0.5, 0.6) is 5.75 Å². The number of carbonyl (C=O) groups excluding carboxylic acids is 1. The zero-order valence-corrected chi connectivity index (χ0v) is 13.4. The van der Waals surface area contributed by atoms with E-state index in [1.807, 2.05) is 61.5 Å². The van der Waals surface area contributed by atoms with Gasteiger partial charge in [0, 0.05) is 10.6 Å². The van der Waals surface area contributed by atoms with Crippen molar-refractivity contribution >= 4 is 23.4 Å². The number of hydrogen-bond acceptors (Lipinski definition) is 3. The Morgan fingerprint density at radius 2 is 1.95 bits per heavy atom. The number of amides is 1. The molecule has 0 aliphatic heterocycles. The average Bonchev–Trinajstić information content (AvgIpc) is 2.53. The van der Waals surface area contributed by atoms with E-state index in [4.69, 9.17) is 4.74 Å².